The summed E-state index contributed by atoms with van der Waals surface area (Å²) in [6.07, 6.45) is -6.21. The summed E-state index contributed by atoms with van der Waals surface area (Å²) in [5, 5.41) is 68.3. The van der Waals surface area contributed by atoms with Crippen LogP contribution >= 0.6 is 0 Å². The molecule has 1 saturated heterocycles. The molecule has 8 N–H and O–H groups in total. The van der Waals surface area contributed by atoms with Crippen LogP contribution in [0.5, 0.6) is 0 Å². The highest BCUT2D eigenvalue weighted by Gasteiger charge is 2.55. The van der Waals surface area contributed by atoms with Gasteiger partial charge in [0.05, 0.1) is 123 Å². The summed E-state index contributed by atoms with van der Waals surface area (Å²) in [4.78, 5) is 48.3. The van der Waals surface area contributed by atoms with Gasteiger partial charge in [-0.25, -0.2) is 9.48 Å². The monoisotopic (exact) mass is 948 g/mol. The maximum atomic E-state index is 12.8. The van der Waals surface area contributed by atoms with Crippen molar-refractivity contribution in [1.29, 1.82) is 0 Å². The molecule has 0 unspecified atom stereocenters. The van der Waals surface area contributed by atoms with Gasteiger partial charge in [-0.1, -0.05) is 59.8 Å². The van der Waals surface area contributed by atoms with Gasteiger partial charge < -0.3 is 79.4 Å². The zero-order valence-electron chi connectivity index (χ0n) is 37.6. The smallest absolute Gasteiger partial charge is 0.364 e. The van der Waals surface area contributed by atoms with Gasteiger partial charge in [0.1, 0.15) is 24.5 Å². The number of nitrogens with zero attached hydrogens (tertiary/aromatic N) is 3. The highest BCUT2D eigenvalue weighted by molar-refractivity contribution is 5.79. The first-order valence-electron chi connectivity index (χ1n) is 21.9. The topological polar surface area (TPSA) is 310 Å². The lowest BCUT2D eigenvalue weighted by Crippen LogP contribution is -2.68. The number of carbonyl (C=O) groups excluding carboxylic acids is 3. The number of aliphatic hydroxyl groups excluding tert-OH is 4. The number of rotatable bonds is 34. The minimum absolute atomic E-state index is 0.0445. The van der Waals surface area contributed by atoms with Crippen LogP contribution < -0.4 is 16.0 Å². The van der Waals surface area contributed by atoms with Crippen molar-refractivity contribution in [1.82, 2.24) is 30.9 Å². The van der Waals surface area contributed by atoms with Gasteiger partial charge in [0.15, 0.2) is 0 Å². The Morgan fingerprint density at radius 3 is 2.01 bits per heavy atom. The van der Waals surface area contributed by atoms with Crippen molar-refractivity contribution in [2.45, 2.75) is 69.2 Å². The Hall–Kier alpha value is -5.02. The van der Waals surface area contributed by atoms with Gasteiger partial charge in [0, 0.05) is 26.4 Å². The number of ether oxygens (including phenoxy) is 8. The van der Waals surface area contributed by atoms with Crippen LogP contribution in [0.1, 0.15) is 24.6 Å². The molecular weight excluding hydrogens is 885 g/mol. The molecule has 2 aromatic carbocycles. The molecular formula is C44H64N6O17. The number of aliphatic hydroxyl groups is 4. The molecule has 1 aromatic heterocycles. The summed E-state index contributed by atoms with van der Waals surface area (Å²) in [5.74, 6) is -5.75. The molecule has 2 heterocycles. The van der Waals surface area contributed by atoms with E-state index in [0.29, 0.717) is 70.6 Å². The fourth-order valence-corrected chi connectivity index (χ4v) is 6.59. The van der Waals surface area contributed by atoms with Gasteiger partial charge in [-0.15, -0.1) is 5.10 Å². The Morgan fingerprint density at radius 2 is 1.39 bits per heavy atom. The first-order chi connectivity index (χ1) is 32.4. The van der Waals surface area contributed by atoms with Crippen LogP contribution in [0.2, 0.25) is 0 Å². The third kappa shape index (κ3) is 20.0. The molecule has 23 heteroatoms. The zero-order valence-corrected chi connectivity index (χ0v) is 37.6. The van der Waals surface area contributed by atoms with Gasteiger partial charge in [0.2, 0.25) is 17.7 Å². The van der Waals surface area contributed by atoms with E-state index in [9.17, 15) is 44.7 Å². The molecule has 6 atom stereocenters. The third-order valence-corrected chi connectivity index (χ3v) is 10.0. The second-order valence-electron chi connectivity index (χ2n) is 15.2. The van der Waals surface area contributed by atoms with Crippen molar-refractivity contribution < 1.29 is 82.6 Å². The summed E-state index contributed by atoms with van der Waals surface area (Å²) >= 11 is 0. The van der Waals surface area contributed by atoms with Crippen molar-refractivity contribution in [3.8, 4) is 11.1 Å². The van der Waals surface area contributed by atoms with Gasteiger partial charge in [0.25, 0.3) is 5.79 Å². The molecule has 0 radical (unpaired) electrons. The third-order valence-electron chi connectivity index (χ3n) is 10.0. The molecule has 0 saturated carbocycles. The largest absolute Gasteiger partial charge is 0.477 e. The molecule has 1 fully saturated rings. The molecule has 0 bridgehead atoms. The standard InChI is InChI=1S/C44H64N6O17/c1-31(52)45-11-13-60-15-17-62-19-20-63-21-22-65-30-35-28-50(49-48-35)12-14-61-16-18-64-23-24-66-44(43(58)59)26-36(53)40(47-39(56)29-51)42(67-44)41(57)37(54)27-46-38(55)25-32-7-9-34(10-8-32)33-5-3-2-4-6-33/h2-10,28,36-37,40-42,51,53-54,57H,11-27,29-30H2,1H3,(H,45,52)(H,46,55)(H,47,56)(H,58,59)/t36-,37+,40+,41+,42+,44+/m0/s1. The molecule has 1 aliphatic heterocycles. The maximum absolute atomic E-state index is 12.8. The predicted octanol–water partition coefficient (Wildman–Crippen LogP) is -1.81. The lowest BCUT2D eigenvalue weighted by atomic mass is 9.88. The minimum Gasteiger partial charge on any atom is -0.477 e. The molecule has 0 aliphatic carbocycles. The summed E-state index contributed by atoms with van der Waals surface area (Å²) in [5.41, 5.74) is 3.29. The summed E-state index contributed by atoms with van der Waals surface area (Å²) in [6, 6.07) is 15.5. The lowest BCUT2D eigenvalue weighted by Gasteiger charge is -2.46. The van der Waals surface area contributed by atoms with Crippen LogP contribution in [-0.2, 0) is 76.6 Å². The number of aliphatic carboxylic acids is 1. The maximum Gasteiger partial charge on any atom is 0.364 e. The van der Waals surface area contributed by atoms with E-state index < -0.39 is 73.6 Å². The average molecular weight is 949 g/mol. The minimum atomic E-state index is -2.54. The normalized spacial score (nSPS) is 19.1. The van der Waals surface area contributed by atoms with E-state index in [1.807, 2.05) is 42.5 Å². The van der Waals surface area contributed by atoms with E-state index in [-0.39, 0.29) is 52.0 Å². The summed E-state index contributed by atoms with van der Waals surface area (Å²) in [6.45, 7) is 4.01. The molecule has 67 heavy (non-hydrogen) atoms. The van der Waals surface area contributed by atoms with Gasteiger partial charge in [-0.05, 0) is 16.7 Å². The molecule has 1 aliphatic rings. The van der Waals surface area contributed by atoms with Crippen LogP contribution in [0.4, 0.5) is 0 Å². The van der Waals surface area contributed by atoms with Crippen LogP contribution in [0.3, 0.4) is 0 Å². The molecule has 372 valence electrons. The highest BCUT2D eigenvalue weighted by Crippen LogP contribution is 2.33. The number of carbonyl (C=O) groups is 4. The molecule has 3 amide bonds. The Morgan fingerprint density at radius 1 is 0.791 bits per heavy atom. The number of hydrogen-bond donors (Lipinski definition) is 8. The molecule has 0 spiro atoms. The number of hydrogen-bond acceptors (Lipinski definition) is 18. The fourth-order valence-electron chi connectivity index (χ4n) is 6.59. The van der Waals surface area contributed by atoms with E-state index in [0.717, 1.165) is 11.1 Å². The fraction of sp³-hybridized carbons (Fsp3) is 0.591. The SMILES string of the molecule is CC(=O)NCCOCCOCCOCCOCc1cn(CCOCCOCCO[C@]2(C(=O)O)C[C@H](O)[C@@H](NC(=O)CO)[C@H]([C@H](O)[C@H](O)CNC(=O)Cc3ccc(-c4ccccc4)cc3)O2)nn1. The van der Waals surface area contributed by atoms with Crippen molar-refractivity contribution in [3.63, 3.8) is 0 Å². The number of aromatic nitrogens is 3. The van der Waals surface area contributed by atoms with E-state index in [2.05, 4.69) is 26.3 Å². The first-order valence-corrected chi connectivity index (χ1v) is 21.9. The number of nitrogens with one attached hydrogen (secondary N) is 3. The van der Waals surface area contributed by atoms with E-state index >= 15 is 0 Å². The van der Waals surface area contributed by atoms with Crippen molar-refractivity contribution in [3.05, 3.63) is 72.1 Å². The second-order valence-corrected chi connectivity index (χ2v) is 15.2. The van der Waals surface area contributed by atoms with Crippen LogP contribution in [0, 0.1) is 0 Å². The number of amides is 3. The van der Waals surface area contributed by atoms with Crippen LogP contribution in [0.15, 0.2) is 60.8 Å². The van der Waals surface area contributed by atoms with Crippen LogP contribution in [0.25, 0.3) is 11.1 Å². The number of benzene rings is 2. The second kappa shape index (κ2) is 30.4. The Labute approximate surface area is 387 Å². The summed E-state index contributed by atoms with van der Waals surface area (Å²) < 4.78 is 45.8. The molecule has 4 rings (SSSR count). The molecule has 3 aromatic rings. The van der Waals surface area contributed by atoms with Gasteiger partial charge in [-0.2, -0.15) is 0 Å². The van der Waals surface area contributed by atoms with Crippen LogP contribution in [-0.4, -0.2) is 199 Å². The first kappa shape index (κ1) is 54.6. The molecule has 23 nitrogen and oxygen atoms in total. The highest BCUT2D eigenvalue weighted by atomic mass is 16.7. The lowest BCUT2D eigenvalue weighted by molar-refractivity contribution is -0.312. The zero-order chi connectivity index (χ0) is 48.3. The number of carboxylic acid groups (broad SMARTS) is 1. The van der Waals surface area contributed by atoms with E-state index in [1.165, 1.54) is 6.92 Å². The van der Waals surface area contributed by atoms with Gasteiger partial charge >= 0.3 is 5.97 Å². The van der Waals surface area contributed by atoms with Crippen molar-refractivity contribution >= 4 is 23.7 Å². The van der Waals surface area contributed by atoms with Gasteiger partial charge in [-0.3, -0.25) is 14.4 Å². The quantitative estimate of drug-likeness (QED) is 0.0306. The predicted molar refractivity (Wildman–Crippen MR) is 234 cm³/mol. The average Bonchev–Trinajstić information content (AvgIpc) is 3.78. The Bertz CT molecular complexity index is 1890. The van der Waals surface area contributed by atoms with E-state index in [1.54, 1.807) is 23.0 Å². The Kier molecular flexibility index (Phi) is 24.7. The Balaban J connectivity index is 1.10. The van der Waals surface area contributed by atoms with Crippen molar-refractivity contribution in [2.24, 2.45) is 0 Å². The van der Waals surface area contributed by atoms with E-state index in [4.69, 9.17) is 37.9 Å². The number of carboxylic acids is 1. The summed E-state index contributed by atoms with van der Waals surface area (Å²) in [7, 11) is 0. The van der Waals surface area contributed by atoms with Crippen molar-refractivity contribution in [2.75, 3.05) is 99.0 Å².